The minimum atomic E-state index is -0.107. The van der Waals surface area contributed by atoms with Crippen molar-refractivity contribution in [2.45, 2.75) is 38.6 Å². The van der Waals surface area contributed by atoms with Crippen LogP contribution in [0.4, 0.5) is 5.69 Å². The van der Waals surface area contributed by atoms with Gasteiger partial charge in [0.25, 0.3) is 5.56 Å². The molecule has 3 heterocycles. The van der Waals surface area contributed by atoms with Crippen LogP contribution in [0.1, 0.15) is 44.2 Å². The summed E-state index contributed by atoms with van der Waals surface area (Å²) in [6, 6.07) is 8.96. The highest BCUT2D eigenvalue weighted by Gasteiger charge is 2.21. The molecule has 2 saturated heterocycles. The lowest BCUT2D eigenvalue weighted by molar-refractivity contribution is 0.263. The average Bonchev–Trinajstić information content (AvgIpc) is 3.35. The highest BCUT2D eigenvalue weighted by molar-refractivity contribution is 5.77. The third-order valence-corrected chi connectivity index (χ3v) is 5.65. The van der Waals surface area contributed by atoms with Gasteiger partial charge in [-0.1, -0.05) is 24.3 Å². The zero-order chi connectivity index (χ0) is 17.2. The maximum Gasteiger partial charge on any atom is 0.274 e. The Hall–Kier alpha value is -2.14. The number of H-pyrrole nitrogens is 1. The van der Waals surface area contributed by atoms with Gasteiger partial charge in [-0.3, -0.25) is 9.69 Å². The molecule has 0 amide bonds. The molecule has 2 aliphatic heterocycles. The predicted octanol–water partition coefficient (Wildman–Crippen LogP) is 3.19. The molecule has 2 aliphatic rings. The lowest BCUT2D eigenvalue weighted by Gasteiger charge is -2.24. The van der Waals surface area contributed by atoms with Gasteiger partial charge in [-0.05, 0) is 56.8 Å². The van der Waals surface area contributed by atoms with Gasteiger partial charge < -0.3 is 4.90 Å². The number of hydrogen-bond donors (Lipinski definition) is 1. The second-order valence-electron chi connectivity index (χ2n) is 7.19. The molecule has 5 heteroatoms. The fourth-order valence-corrected chi connectivity index (χ4v) is 4.13. The molecule has 2 fully saturated rings. The topological polar surface area (TPSA) is 52.2 Å². The summed E-state index contributed by atoms with van der Waals surface area (Å²) in [5.41, 5.74) is 3.89. The van der Waals surface area contributed by atoms with Crippen molar-refractivity contribution >= 4 is 5.69 Å². The van der Waals surface area contributed by atoms with Crippen molar-refractivity contribution < 1.29 is 0 Å². The molecule has 0 unspecified atom stereocenters. The van der Waals surface area contributed by atoms with Gasteiger partial charge in [0.05, 0.1) is 17.4 Å². The Bertz CT molecular complexity index is 771. The summed E-state index contributed by atoms with van der Waals surface area (Å²) >= 11 is 0. The smallest absolute Gasteiger partial charge is 0.274 e. The molecule has 2 aromatic rings. The summed E-state index contributed by atoms with van der Waals surface area (Å²) in [5, 5.41) is 6.63. The van der Waals surface area contributed by atoms with E-state index in [9.17, 15) is 4.79 Å². The summed E-state index contributed by atoms with van der Waals surface area (Å²) in [6.07, 6.45) is 6.75. The van der Waals surface area contributed by atoms with E-state index in [1.54, 1.807) is 6.20 Å². The second kappa shape index (κ2) is 7.00. The standard InChI is InChI=1S/C20H26N4O/c1-15(23-10-2-3-11-23)16-6-8-17(9-7-16)19-18(14-21-22-20(19)25)24-12-4-5-13-24/h6-9,14-15H,2-5,10-13H2,1H3,(H,22,25)/t15-/m1/s1. The van der Waals surface area contributed by atoms with Crippen LogP contribution in [-0.2, 0) is 0 Å². The quantitative estimate of drug-likeness (QED) is 0.930. The average molecular weight is 338 g/mol. The molecule has 0 spiro atoms. The van der Waals surface area contributed by atoms with Gasteiger partial charge in [-0.25, -0.2) is 5.10 Å². The van der Waals surface area contributed by atoms with Crippen molar-refractivity contribution in [3.63, 3.8) is 0 Å². The van der Waals surface area contributed by atoms with Crippen LogP contribution in [0.5, 0.6) is 0 Å². The third-order valence-electron chi connectivity index (χ3n) is 5.65. The van der Waals surface area contributed by atoms with Crippen molar-refractivity contribution in [3.8, 4) is 11.1 Å². The molecule has 1 N–H and O–H groups in total. The SMILES string of the molecule is C[C@H](c1ccc(-c2c(N3CCCC3)cn[nH]c2=O)cc1)N1CCCC1. The zero-order valence-electron chi connectivity index (χ0n) is 14.9. The number of rotatable bonds is 4. The van der Waals surface area contributed by atoms with Gasteiger partial charge in [0, 0.05) is 19.1 Å². The molecular weight excluding hydrogens is 312 g/mol. The van der Waals surface area contributed by atoms with E-state index in [0.717, 1.165) is 29.9 Å². The van der Waals surface area contributed by atoms with E-state index >= 15 is 0 Å². The van der Waals surface area contributed by atoms with Crippen LogP contribution in [0, 0.1) is 0 Å². The van der Waals surface area contributed by atoms with E-state index in [0.29, 0.717) is 6.04 Å². The molecule has 0 saturated carbocycles. The van der Waals surface area contributed by atoms with E-state index in [1.807, 2.05) is 0 Å². The minimum absolute atomic E-state index is 0.107. The molecule has 5 nitrogen and oxygen atoms in total. The second-order valence-corrected chi connectivity index (χ2v) is 7.19. The van der Waals surface area contributed by atoms with Crippen LogP contribution in [0.15, 0.2) is 35.3 Å². The maximum absolute atomic E-state index is 12.5. The molecule has 132 valence electrons. The molecular formula is C20H26N4O. The fourth-order valence-electron chi connectivity index (χ4n) is 4.13. The van der Waals surface area contributed by atoms with E-state index < -0.39 is 0 Å². The van der Waals surface area contributed by atoms with Crippen LogP contribution in [-0.4, -0.2) is 41.3 Å². The molecule has 0 radical (unpaired) electrons. The number of likely N-dealkylation sites (tertiary alicyclic amines) is 1. The van der Waals surface area contributed by atoms with Crippen molar-refractivity contribution in [3.05, 3.63) is 46.4 Å². The number of hydrogen-bond acceptors (Lipinski definition) is 4. The summed E-state index contributed by atoms with van der Waals surface area (Å²) in [5.74, 6) is 0. The Morgan fingerprint density at radius 3 is 2.32 bits per heavy atom. The lowest BCUT2D eigenvalue weighted by atomic mass is 10.0. The van der Waals surface area contributed by atoms with Crippen molar-refractivity contribution in [2.75, 3.05) is 31.1 Å². The summed E-state index contributed by atoms with van der Waals surface area (Å²) in [7, 11) is 0. The van der Waals surface area contributed by atoms with Gasteiger partial charge in [-0.15, -0.1) is 0 Å². The molecule has 0 aliphatic carbocycles. The van der Waals surface area contributed by atoms with Crippen LogP contribution in [0.25, 0.3) is 11.1 Å². The first-order valence-electron chi connectivity index (χ1n) is 9.41. The molecule has 1 atom stereocenters. The Morgan fingerprint density at radius 2 is 1.64 bits per heavy atom. The Labute approximate surface area is 148 Å². The highest BCUT2D eigenvalue weighted by atomic mass is 16.1. The normalized spacial score (nSPS) is 19.5. The number of benzene rings is 1. The Morgan fingerprint density at radius 1 is 1.00 bits per heavy atom. The predicted molar refractivity (Wildman–Crippen MR) is 101 cm³/mol. The van der Waals surface area contributed by atoms with E-state index in [-0.39, 0.29) is 5.56 Å². The monoisotopic (exact) mass is 338 g/mol. The Balaban J connectivity index is 1.65. The summed E-state index contributed by atoms with van der Waals surface area (Å²) in [6.45, 7) is 6.65. The van der Waals surface area contributed by atoms with E-state index in [4.69, 9.17) is 0 Å². The van der Waals surface area contributed by atoms with Crippen LogP contribution in [0.3, 0.4) is 0 Å². The number of anilines is 1. The van der Waals surface area contributed by atoms with Crippen LogP contribution < -0.4 is 10.5 Å². The minimum Gasteiger partial charge on any atom is -0.370 e. The van der Waals surface area contributed by atoms with Crippen molar-refractivity contribution in [1.82, 2.24) is 15.1 Å². The molecule has 1 aromatic carbocycles. The van der Waals surface area contributed by atoms with Gasteiger partial charge in [0.2, 0.25) is 0 Å². The maximum atomic E-state index is 12.5. The summed E-state index contributed by atoms with van der Waals surface area (Å²) < 4.78 is 0. The number of aromatic nitrogens is 2. The first-order chi connectivity index (χ1) is 12.2. The van der Waals surface area contributed by atoms with Crippen molar-refractivity contribution in [2.24, 2.45) is 0 Å². The van der Waals surface area contributed by atoms with Gasteiger partial charge in [0.15, 0.2) is 0 Å². The number of nitrogens with one attached hydrogen (secondary N) is 1. The van der Waals surface area contributed by atoms with E-state index in [2.05, 4.69) is 51.2 Å². The molecule has 25 heavy (non-hydrogen) atoms. The van der Waals surface area contributed by atoms with Gasteiger partial charge in [-0.2, -0.15) is 5.10 Å². The molecule has 4 rings (SSSR count). The van der Waals surface area contributed by atoms with Crippen LogP contribution >= 0.6 is 0 Å². The number of aromatic amines is 1. The van der Waals surface area contributed by atoms with Gasteiger partial charge in [0.1, 0.15) is 0 Å². The molecule has 0 bridgehead atoms. The zero-order valence-corrected chi connectivity index (χ0v) is 14.9. The first kappa shape index (κ1) is 16.3. The number of nitrogens with zero attached hydrogens (tertiary/aromatic N) is 3. The Kier molecular flexibility index (Phi) is 4.57. The fraction of sp³-hybridized carbons (Fsp3) is 0.500. The largest absolute Gasteiger partial charge is 0.370 e. The van der Waals surface area contributed by atoms with Crippen LogP contribution in [0.2, 0.25) is 0 Å². The van der Waals surface area contributed by atoms with Crippen molar-refractivity contribution in [1.29, 1.82) is 0 Å². The molecule has 1 aromatic heterocycles. The third kappa shape index (κ3) is 3.21. The summed E-state index contributed by atoms with van der Waals surface area (Å²) in [4.78, 5) is 17.3. The van der Waals surface area contributed by atoms with Gasteiger partial charge >= 0.3 is 0 Å². The lowest BCUT2D eigenvalue weighted by Crippen LogP contribution is -2.24. The highest BCUT2D eigenvalue weighted by Crippen LogP contribution is 2.31. The first-order valence-corrected chi connectivity index (χ1v) is 9.41. The van der Waals surface area contributed by atoms with E-state index in [1.165, 1.54) is 44.3 Å².